The van der Waals surface area contributed by atoms with Crippen LogP contribution in [0.2, 0.25) is 0 Å². The Morgan fingerprint density at radius 1 is 0.974 bits per heavy atom. The molecule has 5 rings (SSSR count). The van der Waals surface area contributed by atoms with Crippen molar-refractivity contribution in [1.29, 1.82) is 0 Å². The summed E-state index contributed by atoms with van der Waals surface area (Å²) >= 11 is 0. The Balaban J connectivity index is 1.23. The maximum atomic E-state index is 16.1. The summed E-state index contributed by atoms with van der Waals surface area (Å²) in [6.07, 6.45) is -3.94. The average Bonchev–Trinajstić information content (AvgIpc) is 3.23. The SMILES string of the molecule is CC(=O)OCC(=O)[C@H]1CC[C@H]2[C@@H]3CC[C@@H]4C[C@@H](OC5O[C@H](C(=O)O)[C@@H](O)[C@@H](O)[C@H]5O)CC[C@@H]4[C@H]3[C@H](F)C[C@]12C. The molecule has 0 radical (unpaired) electrons. The van der Waals surface area contributed by atoms with Gasteiger partial charge in [0, 0.05) is 12.8 Å². The van der Waals surface area contributed by atoms with E-state index >= 15 is 4.39 Å². The van der Waals surface area contributed by atoms with Gasteiger partial charge >= 0.3 is 11.9 Å². The first-order chi connectivity index (χ1) is 18.4. The van der Waals surface area contributed by atoms with E-state index < -0.39 is 54.2 Å². The number of fused-ring (bicyclic) bond motifs is 5. The molecule has 5 aliphatic rings. The second-order valence-electron chi connectivity index (χ2n) is 12.8. The van der Waals surface area contributed by atoms with Crippen molar-refractivity contribution in [3.8, 4) is 0 Å². The Bertz CT molecular complexity index is 961. The van der Waals surface area contributed by atoms with Crippen LogP contribution in [-0.4, -0.2) is 87.7 Å². The highest BCUT2D eigenvalue weighted by atomic mass is 19.1. The lowest BCUT2D eigenvalue weighted by molar-refractivity contribution is -0.308. The number of hydrogen-bond acceptors (Lipinski definition) is 9. The zero-order valence-electron chi connectivity index (χ0n) is 22.5. The molecule has 11 heteroatoms. The van der Waals surface area contributed by atoms with Gasteiger partial charge in [0.1, 0.15) is 31.1 Å². The first-order valence-corrected chi connectivity index (χ1v) is 14.3. The topological polar surface area (TPSA) is 160 Å². The van der Waals surface area contributed by atoms with Gasteiger partial charge < -0.3 is 34.6 Å². The summed E-state index contributed by atoms with van der Waals surface area (Å²) in [5.74, 6) is -1.61. The van der Waals surface area contributed by atoms with Crippen LogP contribution < -0.4 is 0 Å². The van der Waals surface area contributed by atoms with Crippen LogP contribution in [0.15, 0.2) is 0 Å². The number of hydrogen-bond donors (Lipinski definition) is 4. The zero-order chi connectivity index (χ0) is 28.2. The van der Waals surface area contributed by atoms with Crippen molar-refractivity contribution in [2.24, 2.45) is 40.9 Å². The van der Waals surface area contributed by atoms with Crippen LogP contribution in [0, 0.1) is 40.9 Å². The number of aliphatic hydroxyl groups is 3. The Kier molecular flexibility index (Phi) is 8.11. The molecule has 1 aliphatic heterocycles. The molecule has 4 aliphatic carbocycles. The number of carboxylic acid groups (broad SMARTS) is 1. The molecule has 0 spiro atoms. The molecule has 1 heterocycles. The third-order valence-corrected chi connectivity index (χ3v) is 10.8. The molecule has 39 heavy (non-hydrogen) atoms. The number of rotatable bonds is 6. The summed E-state index contributed by atoms with van der Waals surface area (Å²) in [4.78, 5) is 35.5. The van der Waals surface area contributed by atoms with Crippen molar-refractivity contribution in [3.63, 3.8) is 0 Å². The lowest BCUT2D eigenvalue weighted by atomic mass is 9.49. The zero-order valence-corrected chi connectivity index (χ0v) is 22.5. The second kappa shape index (κ2) is 11.0. The summed E-state index contributed by atoms with van der Waals surface area (Å²) in [5, 5.41) is 39.7. The molecule has 0 aromatic rings. The molecule has 1 unspecified atom stereocenters. The van der Waals surface area contributed by atoms with Crippen LogP contribution in [-0.2, 0) is 28.6 Å². The Labute approximate surface area is 227 Å². The highest BCUT2D eigenvalue weighted by Gasteiger charge is 2.62. The monoisotopic (exact) mass is 556 g/mol. The first kappa shape index (κ1) is 28.9. The van der Waals surface area contributed by atoms with Gasteiger partial charge in [-0.05, 0) is 86.4 Å². The molecule has 0 aromatic carbocycles. The molecule has 220 valence electrons. The number of ketones is 1. The number of Topliss-reactive ketones (excluding diaryl/α,β-unsaturated/α-hetero) is 1. The van der Waals surface area contributed by atoms with E-state index in [0.717, 1.165) is 25.7 Å². The first-order valence-electron chi connectivity index (χ1n) is 14.3. The standard InChI is InChI=1S/C28H41FO10/c1-12(30)37-11-20(31)18-8-7-17-16-5-3-13-9-14(4-6-15(13)21(16)19(29)10-28(17,18)2)38-27-24(34)22(32)23(33)25(39-27)26(35)36/h13-19,21-25,27,32-34H,3-11H2,1-2H3,(H,35,36)/t13-,14+,15+,16+,17+,18-,19-,21-,22-,23+,24-,25+,27?,28+/m1/s1. The number of carbonyl (C=O) groups excluding carboxylic acids is 2. The van der Waals surface area contributed by atoms with E-state index in [1.165, 1.54) is 6.92 Å². The summed E-state index contributed by atoms with van der Waals surface area (Å²) < 4.78 is 32.3. The van der Waals surface area contributed by atoms with Crippen molar-refractivity contribution in [2.45, 2.75) is 108 Å². The van der Waals surface area contributed by atoms with Crippen molar-refractivity contribution < 1.29 is 53.4 Å². The molecule has 5 fully saturated rings. The van der Waals surface area contributed by atoms with Crippen LogP contribution in [0.5, 0.6) is 0 Å². The van der Waals surface area contributed by atoms with Crippen molar-refractivity contribution in [1.82, 2.24) is 0 Å². The fourth-order valence-electron chi connectivity index (χ4n) is 9.10. The van der Waals surface area contributed by atoms with Gasteiger partial charge in [0.25, 0.3) is 0 Å². The quantitative estimate of drug-likeness (QED) is 0.280. The van der Waals surface area contributed by atoms with Crippen LogP contribution in [0.3, 0.4) is 0 Å². The van der Waals surface area contributed by atoms with Crippen molar-refractivity contribution in [3.05, 3.63) is 0 Å². The van der Waals surface area contributed by atoms with Crippen LogP contribution in [0.4, 0.5) is 4.39 Å². The minimum atomic E-state index is -1.77. The molecule has 0 aromatic heterocycles. The van der Waals surface area contributed by atoms with Gasteiger partial charge in [-0.25, -0.2) is 9.18 Å². The lowest BCUT2D eigenvalue weighted by Gasteiger charge is -2.57. The molecular formula is C28H41FO10. The van der Waals surface area contributed by atoms with Gasteiger partial charge in [0.2, 0.25) is 0 Å². The predicted octanol–water partition coefficient (Wildman–Crippen LogP) is 1.61. The van der Waals surface area contributed by atoms with Gasteiger partial charge in [-0.1, -0.05) is 6.92 Å². The van der Waals surface area contributed by atoms with Gasteiger partial charge in [-0.2, -0.15) is 0 Å². The number of aliphatic hydroxyl groups excluding tert-OH is 3. The fourth-order valence-corrected chi connectivity index (χ4v) is 9.10. The number of carbonyl (C=O) groups is 3. The molecule has 14 atom stereocenters. The molecule has 1 saturated heterocycles. The fraction of sp³-hybridized carbons (Fsp3) is 0.893. The Morgan fingerprint density at radius 2 is 1.69 bits per heavy atom. The average molecular weight is 557 g/mol. The number of ether oxygens (including phenoxy) is 3. The third-order valence-electron chi connectivity index (χ3n) is 10.8. The van der Waals surface area contributed by atoms with Crippen molar-refractivity contribution >= 4 is 17.7 Å². The summed E-state index contributed by atoms with van der Waals surface area (Å²) in [7, 11) is 0. The second-order valence-corrected chi connectivity index (χ2v) is 12.8. The molecule has 10 nitrogen and oxygen atoms in total. The van der Waals surface area contributed by atoms with Gasteiger partial charge in [-0.3, -0.25) is 9.59 Å². The molecule has 0 bridgehead atoms. The maximum absolute atomic E-state index is 16.1. The van der Waals surface area contributed by atoms with Crippen LogP contribution in [0.25, 0.3) is 0 Å². The summed E-state index contributed by atoms with van der Waals surface area (Å²) in [6, 6.07) is 0. The van der Waals surface area contributed by atoms with E-state index in [4.69, 9.17) is 14.2 Å². The van der Waals surface area contributed by atoms with Crippen molar-refractivity contribution in [2.75, 3.05) is 6.61 Å². The largest absolute Gasteiger partial charge is 0.479 e. The van der Waals surface area contributed by atoms with Crippen LogP contribution >= 0.6 is 0 Å². The molecular weight excluding hydrogens is 515 g/mol. The highest BCUT2D eigenvalue weighted by Crippen LogP contribution is 2.65. The van der Waals surface area contributed by atoms with E-state index in [0.29, 0.717) is 25.7 Å². The number of esters is 1. The minimum Gasteiger partial charge on any atom is -0.479 e. The number of alkyl halides is 1. The minimum absolute atomic E-state index is 0.0880. The van der Waals surface area contributed by atoms with E-state index in [9.17, 15) is 34.8 Å². The predicted molar refractivity (Wildman–Crippen MR) is 132 cm³/mol. The number of carboxylic acids is 1. The summed E-state index contributed by atoms with van der Waals surface area (Å²) in [6.45, 7) is 3.08. The van der Waals surface area contributed by atoms with Crippen LogP contribution in [0.1, 0.15) is 65.2 Å². The smallest absolute Gasteiger partial charge is 0.335 e. The Morgan fingerprint density at radius 3 is 2.38 bits per heavy atom. The molecule has 0 amide bonds. The van der Waals surface area contributed by atoms with Gasteiger partial charge in [-0.15, -0.1) is 0 Å². The summed E-state index contributed by atoms with van der Waals surface area (Å²) in [5.41, 5.74) is -0.439. The van der Waals surface area contributed by atoms with E-state index in [-0.39, 0.29) is 54.0 Å². The maximum Gasteiger partial charge on any atom is 0.335 e. The highest BCUT2D eigenvalue weighted by molar-refractivity contribution is 5.85. The van der Waals surface area contributed by atoms with E-state index in [1.54, 1.807) is 0 Å². The molecule has 4 saturated carbocycles. The lowest BCUT2D eigenvalue weighted by Crippen LogP contribution is -2.61. The van der Waals surface area contributed by atoms with Gasteiger partial charge in [0.05, 0.1) is 6.10 Å². The normalized spacial score (nSPS) is 49.3. The molecule has 4 N–H and O–H groups in total. The third kappa shape index (κ3) is 5.14. The number of halogens is 1. The number of aliphatic carboxylic acids is 1. The van der Waals surface area contributed by atoms with E-state index in [2.05, 4.69) is 0 Å². The van der Waals surface area contributed by atoms with Gasteiger partial charge in [0.15, 0.2) is 18.2 Å². The Hall–Kier alpha value is -1.66. The van der Waals surface area contributed by atoms with E-state index in [1.807, 2.05) is 6.92 Å².